The molecule has 2 heterocycles. The molecule has 0 amide bonds. The second-order valence-corrected chi connectivity index (χ2v) is 5.19. The first-order chi connectivity index (χ1) is 9.19. The summed E-state index contributed by atoms with van der Waals surface area (Å²) in [7, 11) is 0. The van der Waals surface area contributed by atoms with Crippen LogP contribution in [-0.2, 0) is 13.0 Å². The average Bonchev–Trinajstić information content (AvgIpc) is 2.84. The summed E-state index contributed by atoms with van der Waals surface area (Å²) in [6, 6.07) is 5.54. The number of benzene rings is 1. The highest BCUT2D eigenvalue weighted by Gasteiger charge is 2.22. The van der Waals surface area contributed by atoms with Crippen molar-refractivity contribution in [2.75, 3.05) is 6.54 Å². The lowest BCUT2D eigenvalue weighted by Gasteiger charge is -2.22. The first-order valence-corrected chi connectivity index (χ1v) is 6.61. The number of hydrogen-bond donors (Lipinski definition) is 2. The standard InChI is InChI=1S/C14H18N4O/c1-9-6-11(2-3-12(9)19)14-17-16-13-7-10(8-15)4-5-18(13)14/h2-3,6,10,19H,4-5,7-8,15H2,1H3. The normalized spacial score (nSPS) is 18.3. The van der Waals surface area contributed by atoms with E-state index in [1.54, 1.807) is 6.07 Å². The maximum Gasteiger partial charge on any atom is 0.163 e. The van der Waals surface area contributed by atoms with Gasteiger partial charge in [0.2, 0.25) is 0 Å². The van der Waals surface area contributed by atoms with E-state index in [-0.39, 0.29) is 0 Å². The SMILES string of the molecule is Cc1cc(-c2nnc3n2CCC(CN)C3)ccc1O. The predicted octanol–water partition coefficient (Wildman–Crippen LogP) is 1.48. The summed E-state index contributed by atoms with van der Waals surface area (Å²) < 4.78 is 2.16. The Morgan fingerprint density at radius 2 is 2.26 bits per heavy atom. The maximum atomic E-state index is 9.59. The molecule has 1 aromatic heterocycles. The number of aromatic hydroxyl groups is 1. The van der Waals surface area contributed by atoms with Crippen LogP contribution in [-0.4, -0.2) is 26.4 Å². The molecule has 1 aliphatic heterocycles. The zero-order valence-corrected chi connectivity index (χ0v) is 11.0. The molecule has 5 nitrogen and oxygen atoms in total. The van der Waals surface area contributed by atoms with Crippen LogP contribution in [0.25, 0.3) is 11.4 Å². The van der Waals surface area contributed by atoms with Gasteiger partial charge in [0.25, 0.3) is 0 Å². The van der Waals surface area contributed by atoms with Crippen LogP contribution in [0.1, 0.15) is 17.8 Å². The van der Waals surface area contributed by atoms with Gasteiger partial charge in [0.05, 0.1) is 0 Å². The third-order valence-electron chi connectivity index (χ3n) is 3.85. The van der Waals surface area contributed by atoms with Gasteiger partial charge in [0.15, 0.2) is 5.82 Å². The van der Waals surface area contributed by atoms with Crippen LogP contribution in [0, 0.1) is 12.8 Å². The molecule has 0 fully saturated rings. The van der Waals surface area contributed by atoms with E-state index in [4.69, 9.17) is 5.73 Å². The van der Waals surface area contributed by atoms with Gasteiger partial charge in [-0.1, -0.05) is 0 Å². The van der Waals surface area contributed by atoms with Crippen LogP contribution >= 0.6 is 0 Å². The van der Waals surface area contributed by atoms with Gasteiger partial charge >= 0.3 is 0 Å². The van der Waals surface area contributed by atoms with Gasteiger partial charge in [-0.15, -0.1) is 10.2 Å². The van der Waals surface area contributed by atoms with E-state index in [1.165, 1.54) is 0 Å². The molecule has 5 heteroatoms. The number of hydrogen-bond acceptors (Lipinski definition) is 4. The van der Waals surface area contributed by atoms with Crippen LogP contribution < -0.4 is 5.73 Å². The molecular weight excluding hydrogens is 240 g/mol. The van der Waals surface area contributed by atoms with Crippen molar-refractivity contribution in [3.63, 3.8) is 0 Å². The van der Waals surface area contributed by atoms with Gasteiger partial charge in [-0.3, -0.25) is 0 Å². The summed E-state index contributed by atoms with van der Waals surface area (Å²) in [6.07, 6.45) is 1.98. The van der Waals surface area contributed by atoms with Crippen LogP contribution in [0.2, 0.25) is 0 Å². The number of rotatable bonds is 2. The summed E-state index contributed by atoms with van der Waals surface area (Å²) in [6.45, 7) is 3.51. The van der Waals surface area contributed by atoms with E-state index in [1.807, 2.05) is 19.1 Å². The Morgan fingerprint density at radius 3 is 3.00 bits per heavy atom. The number of nitrogens with zero attached hydrogens (tertiary/aromatic N) is 3. The lowest BCUT2D eigenvalue weighted by Crippen LogP contribution is -2.25. The molecular formula is C14H18N4O. The molecule has 0 spiro atoms. The van der Waals surface area contributed by atoms with Crippen LogP contribution in [0.5, 0.6) is 5.75 Å². The first kappa shape index (κ1) is 12.2. The Hall–Kier alpha value is -1.88. The van der Waals surface area contributed by atoms with E-state index in [2.05, 4.69) is 14.8 Å². The van der Waals surface area contributed by atoms with Crippen LogP contribution in [0.3, 0.4) is 0 Å². The number of nitrogens with two attached hydrogens (primary N) is 1. The Bertz CT molecular complexity index is 605. The molecule has 0 saturated heterocycles. The van der Waals surface area contributed by atoms with Gasteiger partial charge < -0.3 is 15.4 Å². The maximum absolute atomic E-state index is 9.59. The van der Waals surface area contributed by atoms with Gasteiger partial charge in [-0.2, -0.15) is 0 Å². The van der Waals surface area contributed by atoms with Gasteiger partial charge in [0.1, 0.15) is 11.6 Å². The van der Waals surface area contributed by atoms with Crippen molar-refractivity contribution in [2.45, 2.75) is 26.3 Å². The summed E-state index contributed by atoms with van der Waals surface area (Å²) >= 11 is 0. The van der Waals surface area contributed by atoms with Crippen LogP contribution in [0.15, 0.2) is 18.2 Å². The number of fused-ring (bicyclic) bond motifs is 1. The van der Waals surface area contributed by atoms with Gasteiger partial charge in [-0.25, -0.2) is 0 Å². The largest absolute Gasteiger partial charge is 0.508 e. The fourth-order valence-electron chi connectivity index (χ4n) is 2.60. The van der Waals surface area contributed by atoms with Gasteiger partial charge in [-0.05, 0) is 49.6 Å². The minimum absolute atomic E-state index is 0.310. The molecule has 1 aliphatic rings. The fourth-order valence-corrected chi connectivity index (χ4v) is 2.60. The molecule has 3 rings (SSSR count). The predicted molar refractivity (Wildman–Crippen MR) is 72.7 cm³/mol. The number of aromatic nitrogens is 3. The zero-order chi connectivity index (χ0) is 13.4. The molecule has 0 radical (unpaired) electrons. The molecule has 2 aromatic rings. The van der Waals surface area contributed by atoms with Crippen LogP contribution in [0.4, 0.5) is 0 Å². The Kier molecular flexibility index (Phi) is 2.98. The number of aryl methyl sites for hydroxylation is 1. The van der Waals surface area contributed by atoms with E-state index in [0.717, 1.165) is 42.2 Å². The Balaban J connectivity index is 1.99. The van der Waals surface area contributed by atoms with Crippen molar-refractivity contribution in [1.82, 2.24) is 14.8 Å². The highest BCUT2D eigenvalue weighted by atomic mass is 16.3. The zero-order valence-electron chi connectivity index (χ0n) is 11.0. The third-order valence-corrected chi connectivity index (χ3v) is 3.85. The van der Waals surface area contributed by atoms with Crippen molar-refractivity contribution in [3.05, 3.63) is 29.6 Å². The molecule has 3 N–H and O–H groups in total. The van der Waals surface area contributed by atoms with E-state index in [9.17, 15) is 5.11 Å². The van der Waals surface area contributed by atoms with Crippen molar-refractivity contribution in [2.24, 2.45) is 11.7 Å². The molecule has 0 saturated carbocycles. The monoisotopic (exact) mass is 258 g/mol. The number of phenols is 1. The van der Waals surface area contributed by atoms with Crippen molar-refractivity contribution < 1.29 is 5.11 Å². The second-order valence-electron chi connectivity index (χ2n) is 5.19. The summed E-state index contributed by atoms with van der Waals surface area (Å²) in [5.74, 6) is 2.73. The smallest absolute Gasteiger partial charge is 0.163 e. The quantitative estimate of drug-likeness (QED) is 0.855. The Labute approximate surface area is 112 Å². The van der Waals surface area contributed by atoms with Crippen molar-refractivity contribution in [1.29, 1.82) is 0 Å². The highest BCUT2D eigenvalue weighted by molar-refractivity contribution is 5.59. The third kappa shape index (κ3) is 2.10. The highest BCUT2D eigenvalue weighted by Crippen LogP contribution is 2.28. The van der Waals surface area contributed by atoms with E-state index in [0.29, 0.717) is 18.2 Å². The van der Waals surface area contributed by atoms with Crippen molar-refractivity contribution in [3.8, 4) is 17.1 Å². The molecule has 0 bridgehead atoms. The summed E-state index contributed by atoms with van der Waals surface area (Å²) in [5.41, 5.74) is 7.58. The van der Waals surface area contributed by atoms with Crippen molar-refractivity contribution >= 4 is 0 Å². The minimum atomic E-state index is 0.310. The number of phenolic OH excluding ortho intramolecular Hbond substituents is 1. The summed E-state index contributed by atoms with van der Waals surface area (Å²) in [5, 5.41) is 18.2. The molecule has 1 unspecified atom stereocenters. The van der Waals surface area contributed by atoms with Gasteiger partial charge in [0, 0.05) is 18.5 Å². The Morgan fingerprint density at radius 1 is 1.42 bits per heavy atom. The lowest BCUT2D eigenvalue weighted by atomic mass is 9.98. The summed E-state index contributed by atoms with van der Waals surface area (Å²) in [4.78, 5) is 0. The molecule has 1 atom stereocenters. The molecule has 0 aliphatic carbocycles. The molecule has 19 heavy (non-hydrogen) atoms. The lowest BCUT2D eigenvalue weighted by molar-refractivity contribution is 0.391. The van der Waals surface area contributed by atoms with E-state index < -0.39 is 0 Å². The molecule has 1 aromatic carbocycles. The fraction of sp³-hybridized carbons (Fsp3) is 0.429. The first-order valence-electron chi connectivity index (χ1n) is 6.61. The topological polar surface area (TPSA) is 77.0 Å². The van der Waals surface area contributed by atoms with E-state index >= 15 is 0 Å². The average molecular weight is 258 g/mol. The second kappa shape index (κ2) is 4.66. The minimum Gasteiger partial charge on any atom is -0.508 e. The molecule has 100 valence electrons.